The van der Waals surface area contributed by atoms with Gasteiger partial charge in [-0.05, 0) is 62.6 Å². The molecular formula is C25H30BrN5O2S. The molecule has 0 N–H and O–H groups in total. The van der Waals surface area contributed by atoms with Crippen molar-refractivity contribution in [2.45, 2.75) is 37.1 Å². The first kappa shape index (κ1) is 23.7. The summed E-state index contributed by atoms with van der Waals surface area (Å²) in [5.74, 6) is 1.84. The molecule has 5 rings (SSSR count). The monoisotopic (exact) mass is 543 g/mol. The quantitative estimate of drug-likeness (QED) is 0.473. The van der Waals surface area contributed by atoms with Crippen LogP contribution in [0.5, 0.6) is 0 Å². The van der Waals surface area contributed by atoms with Crippen molar-refractivity contribution >= 4 is 42.7 Å². The highest BCUT2D eigenvalue weighted by Gasteiger charge is 2.31. The van der Waals surface area contributed by atoms with Gasteiger partial charge in [-0.25, -0.2) is 18.4 Å². The second-order valence-electron chi connectivity index (χ2n) is 9.04. The van der Waals surface area contributed by atoms with Crippen molar-refractivity contribution in [1.82, 2.24) is 19.2 Å². The van der Waals surface area contributed by atoms with Crippen LogP contribution in [0.4, 0.5) is 5.82 Å². The summed E-state index contributed by atoms with van der Waals surface area (Å²) in [6.45, 7) is 6.38. The lowest BCUT2D eigenvalue weighted by Gasteiger charge is -2.37. The molecule has 0 bridgehead atoms. The van der Waals surface area contributed by atoms with E-state index in [1.54, 1.807) is 28.6 Å². The number of aromatic nitrogens is 2. The van der Waals surface area contributed by atoms with Crippen LogP contribution in [0.15, 0.2) is 57.9 Å². The van der Waals surface area contributed by atoms with Gasteiger partial charge in [0.25, 0.3) is 0 Å². The number of rotatable bonds is 5. The molecule has 0 amide bonds. The zero-order chi connectivity index (χ0) is 23.7. The summed E-state index contributed by atoms with van der Waals surface area (Å²) in [4.78, 5) is 15.0. The number of piperidine rings is 1. The minimum atomic E-state index is -3.49. The van der Waals surface area contributed by atoms with Crippen LogP contribution in [-0.4, -0.2) is 66.9 Å². The second kappa shape index (κ2) is 9.89. The van der Waals surface area contributed by atoms with Crippen LogP contribution in [0, 0.1) is 0 Å². The van der Waals surface area contributed by atoms with Gasteiger partial charge < -0.3 is 4.90 Å². The van der Waals surface area contributed by atoms with Crippen molar-refractivity contribution in [2.75, 3.05) is 44.2 Å². The fourth-order valence-electron chi connectivity index (χ4n) is 4.86. The smallest absolute Gasteiger partial charge is 0.243 e. The molecule has 2 fully saturated rings. The van der Waals surface area contributed by atoms with Crippen molar-refractivity contribution in [3.63, 3.8) is 0 Å². The Morgan fingerprint density at radius 1 is 0.853 bits per heavy atom. The van der Waals surface area contributed by atoms with Crippen LogP contribution in [-0.2, 0) is 10.0 Å². The normalized spacial score (nSPS) is 19.4. The molecule has 34 heavy (non-hydrogen) atoms. The van der Waals surface area contributed by atoms with E-state index in [-0.39, 0.29) is 6.04 Å². The summed E-state index contributed by atoms with van der Waals surface area (Å²) in [5.41, 5.74) is 0.969. The maximum absolute atomic E-state index is 13.1. The average molecular weight is 545 g/mol. The summed E-state index contributed by atoms with van der Waals surface area (Å²) in [7, 11) is -3.49. The third kappa shape index (κ3) is 4.71. The first-order valence-electron chi connectivity index (χ1n) is 11.9. The Labute approximate surface area is 210 Å². The lowest BCUT2D eigenvalue weighted by Crippen LogP contribution is -2.49. The number of benzene rings is 2. The van der Waals surface area contributed by atoms with Crippen molar-refractivity contribution in [2.24, 2.45) is 0 Å². The molecule has 0 aliphatic carbocycles. The van der Waals surface area contributed by atoms with Gasteiger partial charge in [0.15, 0.2) is 0 Å². The lowest BCUT2D eigenvalue weighted by atomic mass is 10.1. The molecule has 7 nitrogen and oxygen atoms in total. The fraction of sp³-hybridized carbons (Fsp3) is 0.440. The van der Waals surface area contributed by atoms with E-state index in [4.69, 9.17) is 9.97 Å². The molecule has 3 heterocycles. The number of sulfonamides is 1. The van der Waals surface area contributed by atoms with Crippen LogP contribution in [0.3, 0.4) is 0 Å². The van der Waals surface area contributed by atoms with Crippen LogP contribution in [0.1, 0.15) is 38.1 Å². The highest BCUT2D eigenvalue weighted by molar-refractivity contribution is 9.10. The second-order valence-corrected chi connectivity index (χ2v) is 11.9. The maximum atomic E-state index is 13.1. The van der Waals surface area contributed by atoms with Gasteiger partial charge in [-0.1, -0.05) is 28.1 Å². The molecule has 2 saturated heterocycles. The average Bonchev–Trinajstić information content (AvgIpc) is 2.88. The van der Waals surface area contributed by atoms with Gasteiger partial charge in [-0.3, -0.25) is 4.90 Å². The third-order valence-electron chi connectivity index (χ3n) is 6.90. The number of hydrogen-bond donors (Lipinski definition) is 0. The summed E-state index contributed by atoms with van der Waals surface area (Å²) >= 11 is 3.37. The van der Waals surface area contributed by atoms with E-state index >= 15 is 0 Å². The Morgan fingerprint density at radius 3 is 2.24 bits per heavy atom. The Balaban J connectivity index is 1.35. The number of nitrogens with zero attached hydrogens (tertiary/aromatic N) is 5. The largest absolute Gasteiger partial charge is 0.356 e. The molecule has 0 spiro atoms. The van der Waals surface area contributed by atoms with Crippen molar-refractivity contribution < 1.29 is 8.42 Å². The van der Waals surface area contributed by atoms with Crippen molar-refractivity contribution in [1.29, 1.82) is 0 Å². The standard InChI is InChI=1S/C25H30BrN5O2S/c1-19(29-15-17-31(18-16-29)34(32,33)21-11-9-20(26)10-12-21)24-27-23-8-4-3-7-22(23)25(28-24)30-13-5-2-6-14-30/h3-4,7-12,19H,2,5-6,13-18H2,1H3/t19-/m1/s1. The summed E-state index contributed by atoms with van der Waals surface area (Å²) in [5, 5.41) is 1.10. The van der Waals surface area contributed by atoms with Gasteiger partial charge >= 0.3 is 0 Å². The fourth-order valence-corrected chi connectivity index (χ4v) is 6.55. The topological polar surface area (TPSA) is 69.6 Å². The first-order valence-corrected chi connectivity index (χ1v) is 14.2. The van der Waals surface area contributed by atoms with Gasteiger partial charge in [0, 0.05) is 49.1 Å². The number of fused-ring (bicyclic) bond motifs is 1. The predicted molar refractivity (Wildman–Crippen MR) is 138 cm³/mol. The number of hydrogen-bond acceptors (Lipinski definition) is 6. The van der Waals surface area contributed by atoms with E-state index in [0.717, 1.165) is 40.1 Å². The van der Waals surface area contributed by atoms with Crippen molar-refractivity contribution in [3.8, 4) is 0 Å². The van der Waals surface area contributed by atoms with E-state index < -0.39 is 10.0 Å². The van der Waals surface area contributed by atoms with Gasteiger partial charge in [-0.15, -0.1) is 0 Å². The zero-order valence-electron chi connectivity index (χ0n) is 19.4. The van der Waals surface area contributed by atoms with Crippen LogP contribution in [0.25, 0.3) is 10.9 Å². The summed E-state index contributed by atoms with van der Waals surface area (Å²) in [6.07, 6.45) is 3.66. The zero-order valence-corrected chi connectivity index (χ0v) is 21.8. The van der Waals surface area contributed by atoms with Gasteiger partial charge in [0.2, 0.25) is 10.0 Å². The van der Waals surface area contributed by atoms with Crippen LogP contribution < -0.4 is 4.90 Å². The minimum absolute atomic E-state index is 0.00526. The third-order valence-corrected chi connectivity index (χ3v) is 9.34. The summed E-state index contributed by atoms with van der Waals surface area (Å²) < 4.78 is 28.6. The predicted octanol–water partition coefficient (Wildman–Crippen LogP) is 4.45. The molecular weight excluding hydrogens is 514 g/mol. The molecule has 3 aromatic rings. The Hall–Kier alpha value is -2.07. The number of para-hydroxylation sites is 1. The first-order chi connectivity index (χ1) is 16.4. The minimum Gasteiger partial charge on any atom is -0.356 e. The number of halogens is 1. The molecule has 0 saturated carbocycles. The molecule has 0 unspecified atom stereocenters. The van der Waals surface area contributed by atoms with Gasteiger partial charge in [-0.2, -0.15) is 4.31 Å². The lowest BCUT2D eigenvalue weighted by molar-refractivity contribution is 0.141. The highest BCUT2D eigenvalue weighted by atomic mass is 79.9. The van der Waals surface area contributed by atoms with Gasteiger partial charge in [0.05, 0.1) is 16.5 Å². The number of anilines is 1. The molecule has 2 aliphatic heterocycles. The highest BCUT2D eigenvalue weighted by Crippen LogP contribution is 2.30. The van der Waals surface area contributed by atoms with Crippen LogP contribution in [0.2, 0.25) is 0 Å². The van der Waals surface area contributed by atoms with E-state index in [9.17, 15) is 8.42 Å². The molecule has 180 valence electrons. The molecule has 1 aromatic heterocycles. The summed E-state index contributed by atoms with van der Waals surface area (Å²) in [6, 6.07) is 15.1. The molecule has 1 atom stereocenters. The Kier molecular flexibility index (Phi) is 6.88. The molecule has 2 aliphatic rings. The molecule has 2 aromatic carbocycles. The molecule has 9 heteroatoms. The van der Waals surface area contributed by atoms with E-state index in [2.05, 4.69) is 44.8 Å². The maximum Gasteiger partial charge on any atom is 0.243 e. The van der Waals surface area contributed by atoms with E-state index in [1.165, 1.54) is 19.3 Å². The van der Waals surface area contributed by atoms with Crippen molar-refractivity contribution in [3.05, 3.63) is 58.8 Å². The Bertz CT molecular complexity index is 1250. The van der Waals surface area contributed by atoms with Gasteiger partial charge in [0.1, 0.15) is 11.6 Å². The Morgan fingerprint density at radius 2 is 1.53 bits per heavy atom. The number of piperazine rings is 1. The van der Waals surface area contributed by atoms with E-state index in [1.807, 2.05) is 12.1 Å². The van der Waals surface area contributed by atoms with Crippen LogP contribution >= 0.6 is 15.9 Å². The molecule has 0 radical (unpaired) electrons. The van der Waals surface area contributed by atoms with E-state index in [0.29, 0.717) is 31.1 Å². The SMILES string of the molecule is C[C@H](c1nc(N2CCCCC2)c2ccccc2n1)N1CCN(S(=O)(=O)c2ccc(Br)cc2)CC1.